The standard InChI is InChI=1S/C15H9N3O5S/c19-14(8-3-1-2-4-10(8)18(20)21)17-15-16-9-5-11-12(23-7-22-11)6-13(9)24-15/h1-6H,7H2,(H,16,17,19). The quantitative estimate of drug-likeness (QED) is 0.578. The van der Waals surface area contributed by atoms with E-state index in [9.17, 15) is 14.9 Å². The third kappa shape index (κ3) is 2.40. The van der Waals surface area contributed by atoms with Crippen LogP contribution in [0.25, 0.3) is 10.2 Å². The van der Waals surface area contributed by atoms with E-state index in [0.717, 1.165) is 4.70 Å². The smallest absolute Gasteiger partial charge is 0.282 e. The van der Waals surface area contributed by atoms with Crippen molar-refractivity contribution >= 4 is 38.3 Å². The molecule has 0 atom stereocenters. The molecule has 9 heteroatoms. The monoisotopic (exact) mass is 343 g/mol. The van der Waals surface area contributed by atoms with Gasteiger partial charge in [0.05, 0.1) is 15.1 Å². The van der Waals surface area contributed by atoms with E-state index in [2.05, 4.69) is 10.3 Å². The van der Waals surface area contributed by atoms with Crippen LogP contribution < -0.4 is 14.8 Å². The van der Waals surface area contributed by atoms with Gasteiger partial charge in [0.1, 0.15) is 5.56 Å². The highest BCUT2D eigenvalue weighted by molar-refractivity contribution is 7.22. The van der Waals surface area contributed by atoms with E-state index in [4.69, 9.17) is 9.47 Å². The summed E-state index contributed by atoms with van der Waals surface area (Å²) in [4.78, 5) is 27.1. The summed E-state index contributed by atoms with van der Waals surface area (Å²) in [6.07, 6.45) is 0. The number of ether oxygens (including phenoxy) is 2. The third-order valence-electron chi connectivity index (χ3n) is 3.45. The van der Waals surface area contributed by atoms with E-state index in [-0.39, 0.29) is 18.0 Å². The minimum absolute atomic E-state index is 0.0177. The molecule has 0 saturated carbocycles. The van der Waals surface area contributed by atoms with Crippen molar-refractivity contribution in [3.05, 3.63) is 52.1 Å². The Balaban J connectivity index is 1.65. The molecule has 8 nitrogen and oxygen atoms in total. The SMILES string of the molecule is O=C(Nc1nc2cc3c(cc2s1)OCO3)c1ccccc1[N+](=O)[O-]. The van der Waals surface area contributed by atoms with Gasteiger partial charge in [-0.25, -0.2) is 4.98 Å². The maximum atomic E-state index is 12.3. The number of nitro groups is 1. The number of hydrogen-bond donors (Lipinski definition) is 1. The summed E-state index contributed by atoms with van der Waals surface area (Å²) in [5.41, 5.74) is 0.384. The molecule has 4 rings (SSSR count). The maximum absolute atomic E-state index is 12.3. The number of hydrogen-bond acceptors (Lipinski definition) is 7. The Bertz CT molecular complexity index is 943. The molecule has 2 heterocycles. The molecule has 0 radical (unpaired) electrons. The van der Waals surface area contributed by atoms with E-state index in [1.54, 1.807) is 18.2 Å². The Morgan fingerprint density at radius 3 is 2.79 bits per heavy atom. The Morgan fingerprint density at radius 1 is 1.25 bits per heavy atom. The highest BCUT2D eigenvalue weighted by Crippen LogP contribution is 2.39. The summed E-state index contributed by atoms with van der Waals surface area (Å²) < 4.78 is 11.4. The minimum Gasteiger partial charge on any atom is -0.454 e. The second-order valence-electron chi connectivity index (χ2n) is 4.92. The molecule has 0 spiro atoms. The van der Waals surface area contributed by atoms with E-state index in [1.807, 2.05) is 0 Å². The lowest BCUT2D eigenvalue weighted by atomic mass is 10.1. The fourth-order valence-electron chi connectivity index (χ4n) is 2.36. The van der Waals surface area contributed by atoms with E-state index in [1.165, 1.54) is 29.5 Å². The summed E-state index contributed by atoms with van der Waals surface area (Å²) in [5.74, 6) is 0.647. The lowest BCUT2D eigenvalue weighted by Gasteiger charge is -2.02. The molecule has 24 heavy (non-hydrogen) atoms. The first-order chi connectivity index (χ1) is 11.6. The van der Waals surface area contributed by atoms with Crippen molar-refractivity contribution in [2.75, 3.05) is 12.1 Å². The number of thiazole rings is 1. The topological polar surface area (TPSA) is 104 Å². The molecule has 1 aliphatic rings. The molecule has 2 aromatic carbocycles. The summed E-state index contributed by atoms with van der Waals surface area (Å²) >= 11 is 1.25. The fourth-order valence-corrected chi connectivity index (χ4v) is 3.23. The summed E-state index contributed by atoms with van der Waals surface area (Å²) in [6.45, 7) is 0.174. The number of carbonyl (C=O) groups is 1. The molecule has 120 valence electrons. The summed E-state index contributed by atoms with van der Waals surface area (Å²) in [6, 6.07) is 9.28. The number of nitrogens with zero attached hydrogens (tertiary/aromatic N) is 2. The van der Waals surface area contributed by atoms with Crippen molar-refractivity contribution in [3.63, 3.8) is 0 Å². The second kappa shape index (κ2) is 5.46. The molecule has 0 aliphatic carbocycles. The Kier molecular flexibility index (Phi) is 3.28. The first-order valence-corrected chi connectivity index (χ1v) is 7.68. The van der Waals surface area contributed by atoms with Gasteiger partial charge < -0.3 is 9.47 Å². The maximum Gasteiger partial charge on any atom is 0.282 e. The highest BCUT2D eigenvalue weighted by Gasteiger charge is 2.21. The van der Waals surface area contributed by atoms with Crippen molar-refractivity contribution in [2.45, 2.75) is 0 Å². The van der Waals surface area contributed by atoms with Gasteiger partial charge in [0.15, 0.2) is 16.6 Å². The van der Waals surface area contributed by atoms with Crippen molar-refractivity contribution in [1.82, 2.24) is 4.98 Å². The predicted octanol–water partition coefficient (Wildman–Crippen LogP) is 3.19. The van der Waals surface area contributed by atoms with Gasteiger partial charge in [0.2, 0.25) is 6.79 Å². The third-order valence-corrected chi connectivity index (χ3v) is 4.38. The van der Waals surface area contributed by atoms with Crippen LogP contribution in [0.5, 0.6) is 11.5 Å². The predicted molar refractivity (Wildman–Crippen MR) is 86.8 cm³/mol. The number of carbonyl (C=O) groups excluding carboxylic acids is 1. The van der Waals surface area contributed by atoms with Crippen LogP contribution in [-0.2, 0) is 0 Å². The molecule has 0 bridgehead atoms. The number of para-hydroxylation sites is 1. The van der Waals surface area contributed by atoms with Gasteiger partial charge in [-0.1, -0.05) is 23.5 Å². The number of fused-ring (bicyclic) bond motifs is 2. The van der Waals surface area contributed by atoms with Crippen LogP contribution in [0.3, 0.4) is 0 Å². The molecular weight excluding hydrogens is 334 g/mol. The number of aromatic nitrogens is 1. The molecular formula is C15H9N3O5S. The largest absolute Gasteiger partial charge is 0.454 e. The van der Waals surface area contributed by atoms with Crippen LogP contribution in [0.2, 0.25) is 0 Å². The van der Waals surface area contributed by atoms with Crippen molar-refractivity contribution < 1.29 is 19.2 Å². The highest BCUT2D eigenvalue weighted by atomic mass is 32.1. The molecule has 1 N–H and O–H groups in total. The van der Waals surface area contributed by atoms with Crippen LogP contribution >= 0.6 is 11.3 Å². The second-order valence-corrected chi connectivity index (χ2v) is 5.95. The number of nitro benzene ring substituents is 1. The average molecular weight is 343 g/mol. The van der Waals surface area contributed by atoms with Gasteiger partial charge in [-0.15, -0.1) is 0 Å². The number of nitrogens with one attached hydrogen (secondary N) is 1. The summed E-state index contributed by atoms with van der Waals surface area (Å²) in [7, 11) is 0. The molecule has 1 aromatic heterocycles. The number of benzene rings is 2. The van der Waals surface area contributed by atoms with Crippen LogP contribution in [0.4, 0.5) is 10.8 Å². The van der Waals surface area contributed by atoms with E-state index in [0.29, 0.717) is 22.1 Å². The van der Waals surface area contributed by atoms with Crippen LogP contribution in [0.15, 0.2) is 36.4 Å². The zero-order valence-corrected chi connectivity index (χ0v) is 12.8. The van der Waals surface area contributed by atoms with Gasteiger partial charge in [-0.3, -0.25) is 20.2 Å². The molecule has 3 aromatic rings. The molecule has 0 fully saturated rings. The number of anilines is 1. The molecule has 0 unspecified atom stereocenters. The molecule has 0 saturated heterocycles. The first-order valence-electron chi connectivity index (χ1n) is 6.87. The van der Waals surface area contributed by atoms with Gasteiger partial charge in [-0.2, -0.15) is 0 Å². The lowest BCUT2D eigenvalue weighted by Crippen LogP contribution is -2.13. The van der Waals surface area contributed by atoms with Crippen molar-refractivity contribution in [3.8, 4) is 11.5 Å². The van der Waals surface area contributed by atoms with Crippen LogP contribution in [0.1, 0.15) is 10.4 Å². The Labute approximate surface area is 138 Å². The van der Waals surface area contributed by atoms with Crippen molar-refractivity contribution in [1.29, 1.82) is 0 Å². The summed E-state index contributed by atoms with van der Waals surface area (Å²) in [5, 5.41) is 14.0. The van der Waals surface area contributed by atoms with Crippen molar-refractivity contribution in [2.24, 2.45) is 0 Å². The normalized spacial score (nSPS) is 12.3. The van der Waals surface area contributed by atoms with Gasteiger partial charge >= 0.3 is 0 Å². The first kappa shape index (κ1) is 14.4. The zero-order valence-electron chi connectivity index (χ0n) is 12.0. The lowest BCUT2D eigenvalue weighted by molar-refractivity contribution is -0.385. The average Bonchev–Trinajstić information content (AvgIpc) is 3.17. The van der Waals surface area contributed by atoms with Gasteiger partial charge in [-0.05, 0) is 6.07 Å². The molecule has 1 aliphatic heterocycles. The van der Waals surface area contributed by atoms with E-state index >= 15 is 0 Å². The van der Waals surface area contributed by atoms with Crippen LogP contribution in [-0.4, -0.2) is 22.6 Å². The number of amides is 1. The van der Waals surface area contributed by atoms with E-state index < -0.39 is 10.8 Å². The zero-order chi connectivity index (χ0) is 16.7. The Hall–Kier alpha value is -3.20. The Morgan fingerprint density at radius 2 is 2.00 bits per heavy atom. The van der Waals surface area contributed by atoms with Gasteiger partial charge in [0.25, 0.3) is 11.6 Å². The number of rotatable bonds is 3. The van der Waals surface area contributed by atoms with Crippen LogP contribution in [0, 0.1) is 10.1 Å². The minimum atomic E-state index is -0.591. The fraction of sp³-hybridized carbons (Fsp3) is 0.0667. The molecule has 1 amide bonds. The van der Waals surface area contributed by atoms with Gasteiger partial charge in [0, 0.05) is 18.2 Å².